The highest BCUT2D eigenvalue weighted by Crippen LogP contribution is 2.22. The molecule has 0 radical (unpaired) electrons. The Morgan fingerprint density at radius 1 is 1.58 bits per heavy atom. The van der Waals surface area contributed by atoms with Gasteiger partial charge in [0.1, 0.15) is 0 Å². The predicted octanol–water partition coefficient (Wildman–Crippen LogP) is 0.230. The molecule has 0 aromatic carbocycles. The van der Waals surface area contributed by atoms with E-state index in [0.717, 1.165) is 31.7 Å². The molecule has 1 saturated heterocycles. The maximum absolute atomic E-state index is 12.6. The first-order valence-corrected chi connectivity index (χ1v) is 6.83. The minimum atomic E-state index is -0.132. The summed E-state index contributed by atoms with van der Waals surface area (Å²) in [6.07, 6.45) is 3.67. The third-order valence-corrected chi connectivity index (χ3v) is 3.62. The van der Waals surface area contributed by atoms with E-state index in [-0.39, 0.29) is 18.6 Å². The molecular formula is C13H22N4O2. The molecule has 6 heteroatoms. The average Bonchev–Trinajstić information content (AvgIpc) is 2.83. The van der Waals surface area contributed by atoms with E-state index in [1.807, 2.05) is 31.1 Å². The lowest BCUT2D eigenvalue weighted by atomic mass is 10.0. The first-order chi connectivity index (χ1) is 9.17. The summed E-state index contributed by atoms with van der Waals surface area (Å²) in [5, 5.41) is 13.4. The van der Waals surface area contributed by atoms with Gasteiger partial charge in [-0.1, -0.05) is 6.92 Å². The Kier molecular flexibility index (Phi) is 4.55. The summed E-state index contributed by atoms with van der Waals surface area (Å²) in [4.78, 5) is 16.4. The van der Waals surface area contributed by atoms with E-state index in [4.69, 9.17) is 5.11 Å². The Morgan fingerprint density at radius 3 is 2.95 bits per heavy atom. The van der Waals surface area contributed by atoms with Crippen molar-refractivity contribution in [3.8, 4) is 0 Å². The molecule has 0 saturated carbocycles. The summed E-state index contributed by atoms with van der Waals surface area (Å²) in [6.45, 7) is 4.14. The van der Waals surface area contributed by atoms with Crippen molar-refractivity contribution in [3.05, 3.63) is 12.3 Å². The van der Waals surface area contributed by atoms with Crippen LogP contribution in [0, 0.1) is 0 Å². The normalized spacial score (nSPS) is 20.3. The zero-order valence-corrected chi connectivity index (χ0v) is 11.6. The van der Waals surface area contributed by atoms with Crippen molar-refractivity contribution in [2.75, 3.05) is 31.1 Å². The third kappa shape index (κ3) is 2.96. The van der Waals surface area contributed by atoms with Crippen LogP contribution < -0.4 is 4.90 Å². The fourth-order valence-electron chi connectivity index (χ4n) is 2.63. The molecule has 106 valence electrons. The minimum Gasteiger partial charge on any atom is -0.395 e. The number of aromatic nitrogens is 2. The molecule has 0 aliphatic carbocycles. The Balaban J connectivity index is 2.13. The van der Waals surface area contributed by atoms with Gasteiger partial charge in [0.25, 0.3) is 0 Å². The number of aliphatic hydroxyl groups is 1. The second-order valence-corrected chi connectivity index (χ2v) is 4.85. The number of hydrogen-bond donors (Lipinski definition) is 1. The summed E-state index contributed by atoms with van der Waals surface area (Å²) in [5.74, 6) is 0.817. The molecule has 6 nitrogen and oxygen atoms in total. The summed E-state index contributed by atoms with van der Waals surface area (Å²) < 4.78 is 1.71. The smallest absolute Gasteiger partial charge is 0.245 e. The monoisotopic (exact) mass is 266 g/mol. The van der Waals surface area contributed by atoms with E-state index in [9.17, 15) is 4.79 Å². The number of aliphatic hydroxyl groups excluding tert-OH is 1. The van der Waals surface area contributed by atoms with Crippen LogP contribution in [-0.2, 0) is 11.8 Å². The largest absolute Gasteiger partial charge is 0.395 e. The van der Waals surface area contributed by atoms with Crippen LogP contribution in [0.15, 0.2) is 12.3 Å². The highest BCUT2D eigenvalue weighted by molar-refractivity contribution is 5.97. The quantitative estimate of drug-likeness (QED) is 0.829. The van der Waals surface area contributed by atoms with Crippen LogP contribution in [0.4, 0.5) is 5.82 Å². The Labute approximate surface area is 113 Å². The minimum absolute atomic E-state index is 0.0845. The lowest BCUT2D eigenvalue weighted by Crippen LogP contribution is -2.53. The Bertz CT molecular complexity index is 432. The standard InChI is InChI=1S/C13H22N4O2/c1-3-16(9-10-18)11-5-4-7-17(13(11)19)12-6-8-15(2)14-12/h6,8,11,18H,3-5,7,9-10H2,1-2H3. The molecule has 1 aromatic heterocycles. The zero-order chi connectivity index (χ0) is 13.8. The van der Waals surface area contributed by atoms with Gasteiger partial charge in [-0.25, -0.2) is 0 Å². The predicted molar refractivity (Wildman–Crippen MR) is 72.9 cm³/mol. The summed E-state index contributed by atoms with van der Waals surface area (Å²) in [5.41, 5.74) is 0. The molecule has 2 heterocycles. The second kappa shape index (κ2) is 6.16. The molecule has 0 spiro atoms. The maximum Gasteiger partial charge on any atom is 0.245 e. The molecule has 1 N–H and O–H groups in total. The van der Waals surface area contributed by atoms with Crippen LogP contribution >= 0.6 is 0 Å². The fourth-order valence-corrected chi connectivity index (χ4v) is 2.63. The van der Waals surface area contributed by atoms with E-state index in [0.29, 0.717) is 6.54 Å². The molecule has 1 aliphatic heterocycles. The van der Waals surface area contributed by atoms with Crippen LogP contribution in [-0.4, -0.2) is 58.0 Å². The van der Waals surface area contributed by atoms with Crippen molar-refractivity contribution in [3.63, 3.8) is 0 Å². The van der Waals surface area contributed by atoms with Gasteiger partial charge in [0.05, 0.1) is 12.6 Å². The number of nitrogens with zero attached hydrogens (tertiary/aromatic N) is 4. The number of piperidine rings is 1. The first-order valence-electron chi connectivity index (χ1n) is 6.83. The van der Waals surface area contributed by atoms with Gasteiger partial charge in [-0.3, -0.25) is 19.3 Å². The number of amides is 1. The summed E-state index contributed by atoms with van der Waals surface area (Å²) in [6, 6.07) is 1.73. The fraction of sp³-hybridized carbons (Fsp3) is 0.692. The Morgan fingerprint density at radius 2 is 2.37 bits per heavy atom. The second-order valence-electron chi connectivity index (χ2n) is 4.85. The van der Waals surface area contributed by atoms with Crippen molar-refractivity contribution < 1.29 is 9.90 Å². The summed E-state index contributed by atoms with van der Waals surface area (Å²) in [7, 11) is 1.85. The lowest BCUT2D eigenvalue weighted by molar-refractivity contribution is -0.125. The number of anilines is 1. The van der Waals surface area contributed by atoms with Gasteiger partial charge in [-0.15, -0.1) is 0 Å². The summed E-state index contributed by atoms with van der Waals surface area (Å²) >= 11 is 0. The molecule has 1 atom stereocenters. The number of aryl methyl sites for hydroxylation is 1. The number of likely N-dealkylation sites (N-methyl/N-ethyl adjacent to an activating group) is 1. The van der Waals surface area contributed by atoms with Crippen LogP contribution in [0.1, 0.15) is 19.8 Å². The van der Waals surface area contributed by atoms with Gasteiger partial charge >= 0.3 is 0 Å². The van der Waals surface area contributed by atoms with Gasteiger partial charge in [0, 0.05) is 32.4 Å². The van der Waals surface area contributed by atoms with Crippen molar-refractivity contribution in [1.82, 2.24) is 14.7 Å². The maximum atomic E-state index is 12.6. The zero-order valence-electron chi connectivity index (χ0n) is 11.6. The first kappa shape index (κ1) is 14.0. The highest BCUT2D eigenvalue weighted by Gasteiger charge is 2.33. The van der Waals surface area contributed by atoms with Crippen molar-refractivity contribution in [2.45, 2.75) is 25.8 Å². The average molecular weight is 266 g/mol. The van der Waals surface area contributed by atoms with E-state index in [1.165, 1.54) is 0 Å². The van der Waals surface area contributed by atoms with Crippen molar-refractivity contribution in [1.29, 1.82) is 0 Å². The molecule has 1 aromatic rings. The van der Waals surface area contributed by atoms with E-state index < -0.39 is 0 Å². The topological polar surface area (TPSA) is 61.6 Å². The SMILES string of the molecule is CCN(CCO)C1CCCN(c2ccn(C)n2)C1=O. The number of hydrogen-bond acceptors (Lipinski definition) is 4. The lowest BCUT2D eigenvalue weighted by Gasteiger charge is -2.36. The number of rotatable bonds is 5. The highest BCUT2D eigenvalue weighted by atomic mass is 16.3. The van der Waals surface area contributed by atoms with Gasteiger partial charge in [-0.05, 0) is 19.4 Å². The molecule has 1 amide bonds. The molecule has 0 bridgehead atoms. The van der Waals surface area contributed by atoms with Crippen molar-refractivity contribution in [2.24, 2.45) is 7.05 Å². The van der Waals surface area contributed by atoms with Crippen molar-refractivity contribution >= 4 is 11.7 Å². The number of carbonyl (C=O) groups is 1. The van der Waals surface area contributed by atoms with Crippen LogP contribution in [0.5, 0.6) is 0 Å². The molecule has 1 aliphatic rings. The van der Waals surface area contributed by atoms with Crippen LogP contribution in [0.3, 0.4) is 0 Å². The molecule has 2 rings (SSSR count). The molecule has 1 fully saturated rings. The van der Waals surface area contributed by atoms with Gasteiger partial charge in [0.2, 0.25) is 5.91 Å². The third-order valence-electron chi connectivity index (χ3n) is 3.62. The van der Waals surface area contributed by atoms with Crippen LogP contribution in [0.2, 0.25) is 0 Å². The number of carbonyl (C=O) groups excluding carboxylic acids is 1. The van der Waals surface area contributed by atoms with Gasteiger partial charge in [0.15, 0.2) is 5.82 Å². The van der Waals surface area contributed by atoms with Gasteiger partial charge in [-0.2, -0.15) is 5.10 Å². The van der Waals surface area contributed by atoms with E-state index >= 15 is 0 Å². The molecular weight excluding hydrogens is 244 g/mol. The van der Waals surface area contributed by atoms with E-state index in [1.54, 1.807) is 9.58 Å². The van der Waals surface area contributed by atoms with Crippen LogP contribution in [0.25, 0.3) is 0 Å². The van der Waals surface area contributed by atoms with Gasteiger partial charge < -0.3 is 5.11 Å². The molecule has 19 heavy (non-hydrogen) atoms. The Hall–Kier alpha value is -1.40. The molecule has 1 unspecified atom stereocenters. The van der Waals surface area contributed by atoms with E-state index in [2.05, 4.69) is 5.10 Å².